The standard InChI is InChI=1S/C13H25N3O/c14-4-6-16-10-13(11-16)3-5-15(9-13)8-12-2-1-7-17-12/h12H,1-11,14H2. The van der Waals surface area contributed by atoms with Gasteiger partial charge in [0, 0.05) is 51.3 Å². The Balaban J connectivity index is 1.43. The van der Waals surface area contributed by atoms with Gasteiger partial charge >= 0.3 is 0 Å². The minimum absolute atomic E-state index is 0.519. The molecule has 0 radical (unpaired) electrons. The van der Waals surface area contributed by atoms with E-state index in [4.69, 9.17) is 10.5 Å². The highest BCUT2D eigenvalue weighted by atomic mass is 16.5. The molecule has 1 unspecified atom stereocenters. The molecule has 17 heavy (non-hydrogen) atoms. The van der Waals surface area contributed by atoms with Crippen molar-refractivity contribution in [2.75, 3.05) is 52.4 Å². The highest BCUT2D eigenvalue weighted by Gasteiger charge is 2.47. The zero-order valence-electron chi connectivity index (χ0n) is 10.7. The number of nitrogens with zero attached hydrogens (tertiary/aromatic N) is 2. The summed E-state index contributed by atoms with van der Waals surface area (Å²) in [5, 5.41) is 0. The van der Waals surface area contributed by atoms with Crippen LogP contribution in [0.4, 0.5) is 0 Å². The third-order valence-corrected chi connectivity index (χ3v) is 4.57. The van der Waals surface area contributed by atoms with Gasteiger partial charge in [0.2, 0.25) is 0 Å². The molecule has 0 saturated carbocycles. The first kappa shape index (κ1) is 11.9. The smallest absolute Gasteiger partial charge is 0.0702 e. The molecule has 3 aliphatic rings. The molecule has 1 spiro atoms. The van der Waals surface area contributed by atoms with Gasteiger partial charge in [0.15, 0.2) is 0 Å². The van der Waals surface area contributed by atoms with Crippen molar-refractivity contribution in [2.45, 2.75) is 25.4 Å². The molecule has 3 heterocycles. The van der Waals surface area contributed by atoms with Crippen molar-refractivity contribution in [1.82, 2.24) is 9.80 Å². The minimum Gasteiger partial charge on any atom is -0.377 e. The summed E-state index contributed by atoms with van der Waals surface area (Å²) < 4.78 is 5.73. The molecule has 2 N–H and O–H groups in total. The molecule has 0 aliphatic carbocycles. The maximum absolute atomic E-state index is 5.73. The van der Waals surface area contributed by atoms with Gasteiger partial charge < -0.3 is 20.3 Å². The highest BCUT2D eigenvalue weighted by Crippen LogP contribution is 2.39. The van der Waals surface area contributed by atoms with E-state index in [9.17, 15) is 0 Å². The molecule has 98 valence electrons. The fraction of sp³-hybridized carbons (Fsp3) is 1.00. The third kappa shape index (κ3) is 2.50. The second-order valence-electron chi connectivity index (χ2n) is 6.12. The second kappa shape index (κ2) is 4.84. The van der Waals surface area contributed by atoms with Crippen LogP contribution < -0.4 is 5.73 Å². The lowest BCUT2D eigenvalue weighted by molar-refractivity contribution is 0.00586. The zero-order valence-corrected chi connectivity index (χ0v) is 10.7. The van der Waals surface area contributed by atoms with E-state index >= 15 is 0 Å². The van der Waals surface area contributed by atoms with Crippen molar-refractivity contribution >= 4 is 0 Å². The monoisotopic (exact) mass is 239 g/mol. The van der Waals surface area contributed by atoms with Crippen LogP contribution in [0, 0.1) is 5.41 Å². The Morgan fingerprint density at radius 1 is 1.24 bits per heavy atom. The average molecular weight is 239 g/mol. The van der Waals surface area contributed by atoms with Crippen LogP contribution in [0.25, 0.3) is 0 Å². The second-order valence-corrected chi connectivity index (χ2v) is 6.12. The lowest BCUT2D eigenvalue weighted by atomic mass is 9.79. The lowest BCUT2D eigenvalue weighted by Crippen LogP contribution is -2.58. The molecule has 3 saturated heterocycles. The zero-order chi connectivity index (χ0) is 11.7. The first-order chi connectivity index (χ1) is 8.30. The maximum Gasteiger partial charge on any atom is 0.0702 e. The first-order valence-electron chi connectivity index (χ1n) is 7.06. The SMILES string of the molecule is NCCN1CC2(CCN(CC3CCCO3)C2)C1. The van der Waals surface area contributed by atoms with Crippen LogP contribution in [0.15, 0.2) is 0 Å². The molecule has 1 atom stereocenters. The van der Waals surface area contributed by atoms with Gasteiger partial charge in [0.25, 0.3) is 0 Å². The summed E-state index contributed by atoms with van der Waals surface area (Å²) in [4.78, 5) is 5.12. The number of hydrogen-bond donors (Lipinski definition) is 1. The summed E-state index contributed by atoms with van der Waals surface area (Å²) in [6.07, 6.45) is 4.42. The molecule has 0 aromatic carbocycles. The van der Waals surface area contributed by atoms with Crippen LogP contribution in [0.5, 0.6) is 0 Å². The van der Waals surface area contributed by atoms with Crippen molar-refractivity contribution in [2.24, 2.45) is 11.1 Å². The molecule has 0 amide bonds. The Kier molecular flexibility index (Phi) is 3.39. The summed E-state index contributed by atoms with van der Waals surface area (Å²) in [5.41, 5.74) is 6.20. The molecule has 4 heteroatoms. The molecule has 0 aromatic heterocycles. The predicted octanol–water partition coefficient (Wildman–Crippen LogP) is 0.132. The van der Waals surface area contributed by atoms with Crippen molar-refractivity contribution < 1.29 is 4.74 Å². The van der Waals surface area contributed by atoms with Crippen molar-refractivity contribution in [3.05, 3.63) is 0 Å². The van der Waals surface area contributed by atoms with Crippen LogP contribution >= 0.6 is 0 Å². The quantitative estimate of drug-likeness (QED) is 0.757. The van der Waals surface area contributed by atoms with Gasteiger partial charge in [-0.25, -0.2) is 0 Å². The molecule has 4 nitrogen and oxygen atoms in total. The topological polar surface area (TPSA) is 41.7 Å². The van der Waals surface area contributed by atoms with Crippen LogP contribution in [-0.2, 0) is 4.74 Å². The maximum atomic E-state index is 5.73. The van der Waals surface area contributed by atoms with Gasteiger partial charge in [-0.1, -0.05) is 0 Å². The number of likely N-dealkylation sites (tertiary alicyclic amines) is 2. The van der Waals surface area contributed by atoms with Gasteiger partial charge in [-0.3, -0.25) is 0 Å². The Morgan fingerprint density at radius 3 is 2.76 bits per heavy atom. The number of ether oxygens (including phenoxy) is 1. The van der Waals surface area contributed by atoms with E-state index in [-0.39, 0.29) is 0 Å². The predicted molar refractivity (Wildman–Crippen MR) is 68.0 cm³/mol. The summed E-state index contributed by atoms with van der Waals surface area (Å²) in [6.45, 7) is 9.12. The molecule has 3 fully saturated rings. The highest BCUT2D eigenvalue weighted by molar-refractivity contribution is 5.01. The van der Waals surface area contributed by atoms with Crippen LogP contribution in [0.3, 0.4) is 0 Å². The molecular formula is C13H25N3O. The Labute approximate surface area is 104 Å². The van der Waals surface area contributed by atoms with Gasteiger partial charge in [0.05, 0.1) is 6.10 Å². The molecule has 0 aromatic rings. The summed E-state index contributed by atoms with van der Waals surface area (Å²) >= 11 is 0. The van der Waals surface area contributed by atoms with Crippen LogP contribution in [-0.4, -0.2) is 68.3 Å². The van der Waals surface area contributed by atoms with Gasteiger partial charge in [-0.05, 0) is 25.8 Å². The Hall–Kier alpha value is -0.160. The van der Waals surface area contributed by atoms with E-state index < -0.39 is 0 Å². The van der Waals surface area contributed by atoms with Gasteiger partial charge in [-0.15, -0.1) is 0 Å². The van der Waals surface area contributed by atoms with E-state index in [0.717, 1.165) is 19.7 Å². The Bertz CT molecular complexity index is 259. The molecule has 3 rings (SSSR count). The minimum atomic E-state index is 0.519. The van der Waals surface area contributed by atoms with E-state index in [1.165, 1.54) is 52.0 Å². The van der Waals surface area contributed by atoms with Crippen molar-refractivity contribution in [3.8, 4) is 0 Å². The van der Waals surface area contributed by atoms with Gasteiger partial charge in [0.1, 0.15) is 0 Å². The average Bonchev–Trinajstić information content (AvgIpc) is 2.88. The first-order valence-corrected chi connectivity index (χ1v) is 7.06. The molecule has 3 aliphatic heterocycles. The van der Waals surface area contributed by atoms with Gasteiger partial charge in [-0.2, -0.15) is 0 Å². The number of hydrogen-bond acceptors (Lipinski definition) is 4. The fourth-order valence-corrected chi connectivity index (χ4v) is 3.76. The van der Waals surface area contributed by atoms with E-state index in [1.54, 1.807) is 0 Å². The lowest BCUT2D eigenvalue weighted by Gasteiger charge is -2.48. The van der Waals surface area contributed by atoms with E-state index in [1.807, 2.05) is 0 Å². The Morgan fingerprint density at radius 2 is 2.06 bits per heavy atom. The van der Waals surface area contributed by atoms with Crippen LogP contribution in [0.1, 0.15) is 19.3 Å². The van der Waals surface area contributed by atoms with E-state index in [0.29, 0.717) is 11.5 Å². The molecular weight excluding hydrogens is 214 g/mol. The van der Waals surface area contributed by atoms with Crippen molar-refractivity contribution in [1.29, 1.82) is 0 Å². The molecule has 0 bridgehead atoms. The summed E-state index contributed by atoms with van der Waals surface area (Å²) in [5.74, 6) is 0. The number of nitrogens with two attached hydrogens (primary N) is 1. The van der Waals surface area contributed by atoms with Crippen molar-refractivity contribution in [3.63, 3.8) is 0 Å². The largest absolute Gasteiger partial charge is 0.377 e. The normalized spacial score (nSPS) is 33.4. The third-order valence-electron chi connectivity index (χ3n) is 4.57. The summed E-state index contributed by atoms with van der Waals surface area (Å²) in [6, 6.07) is 0. The number of rotatable bonds is 4. The van der Waals surface area contributed by atoms with E-state index in [2.05, 4.69) is 9.80 Å². The fourth-order valence-electron chi connectivity index (χ4n) is 3.76. The summed E-state index contributed by atoms with van der Waals surface area (Å²) in [7, 11) is 0. The van der Waals surface area contributed by atoms with Crippen LogP contribution in [0.2, 0.25) is 0 Å².